The van der Waals surface area contributed by atoms with Crippen LogP contribution in [0.15, 0.2) is 24.8 Å². The van der Waals surface area contributed by atoms with Crippen LogP contribution in [0.2, 0.25) is 11.6 Å². The molecule has 2 fully saturated rings. The minimum absolute atomic E-state index is 0.878. The van der Waals surface area contributed by atoms with Crippen molar-refractivity contribution in [1.82, 2.24) is 0 Å². The van der Waals surface area contributed by atoms with Gasteiger partial charge in [-0.1, -0.05) is 63.3 Å². The monoisotopic (exact) mass is 316 g/mol. The van der Waals surface area contributed by atoms with Crippen LogP contribution in [0.3, 0.4) is 0 Å². The summed E-state index contributed by atoms with van der Waals surface area (Å²) in [5.41, 5.74) is 1.10. The highest BCUT2D eigenvalue weighted by Crippen LogP contribution is 2.43. The van der Waals surface area contributed by atoms with Gasteiger partial charge in [-0.3, -0.25) is 0 Å². The van der Waals surface area contributed by atoms with Gasteiger partial charge in [0.2, 0.25) is 0 Å². The Morgan fingerprint density at radius 1 is 0.909 bits per heavy atom. The quantitative estimate of drug-likeness (QED) is 0.261. The summed E-state index contributed by atoms with van der Waals surface area (Å²) in [6.45, 7) is 6.13. The molecule has 0 bridgehead atoms. The van der Waals surface area contributed by atoms with Crippen LogP contribution >= 0.6 is 0 Å². The summed E-state index contributed by atoms with van der Waals surface area (Å²) in [7, 11) is 1.26. The molecule has 0 aromatic heterocycles. The second kappa shape index (κ2) is 10.5. The van der Waals surface area contributed by atoms with Crippen LogP contribution in [0.5, 0.6) is 0 Å². The maximum Gasteiger partial charge on any atom is 0.0413 e. The summed E-state index contributed by atoms with van der Waals surface area (Å²) in [6.07, 6.45) is 22.7. The molecule has 0 unspecified atom stereocenters. The van der Waals surface area contributed by atoms with Gasteiger partial charge in [-0.2, -0.15) is 0 Å². The summed E-state index contributed by atoms with van der Waals surface area (Å²) in [6, 6.07) is 1.48. The zero-order chi connectivity index (χ0) is 15.6. The van der Waals surface area contributed by atoms with Crippen molar-refractivity contribution in [2.45, 2.75) is 89.1 Å². The summed E-state index contributed by atoms with van der Waals surface area (Å²) >= 11 is 0. The molecule has 0 amide bonds. The van der Waals surface area contributed by atoms with Crippen molar-refractivity contribution in [3.8, 4) is 0 Å². The van der Waals surface area contributed by atoms with Crippen molar-refractivity contribution in [1.29, 1.82) is 0 Å². The fourth-order valence-corrected chi connectivity index (χ4v) is 5.89. The van der Waals surface area contributed by atoms with Crippen LogP contribution in [0.4, 0.5) is 0 Å². The predicted octanol–water partition coefficient (Wildman–Crippen LogP) is 6.83. The number of unbranched alkanes of at least 4 members (excludes halogenated alkanes) is 1. The van der Waals surface area contributed by atoms with Crippen molar-refractivity contribution in [2.75, 3.05) is 0 Å². The van der Waals surface area contributed by atoms with Crippen LogP contribution in [-0.2, 0) is 0 Å². The van der Waals surface area contributed by atoms with Crippen LogP contribution in [0.1, 0.15) is 77.6 Å². The molecule has 2 aliphatic rings. The maximum absolute atomic E-state index is 3.79. The molecule has 2 rings (SSSR count). The van der Waals surface area contributed by atoms with Gasteiger partial charge in [-0.15, -0.1) is 6.58 Å². The fourth-order valence-electron chi connectivity index (χ4n) is 4.45. The van der Waals surface area contributed by atoms with Crippen molar-refractivity contribution >= 4 is 9.52 Å². The van der Waals surface area contributed by atoms with Crippen LogP contribution in [-0.4, -0.2) is 9.52 Å². The molecule has 0 atom stereocenters. The van der Waals surface area contributed by atoms with E-state index >= 15 is 0 Å². The van der Waals surface area contributed by atoms with E-state index in [1.54, 1.807) is 25.7 Å². The lowest BCUT2D eigenvalue weighted by Crippen LogP contribution is -2.25. The first-order valence-corrected chi connectivity index (χ1v) is 11.1. The minimum Gasteiger partial charge on any atom is -0.103 e. The smallest absolute Gasteiger partial charge is 0.0413 e. The van der Waals surface area contributed by atoms with Gasteiger partial charge in [-0.25, -0.2) is 0 Å². The third-order valence-corrected chi connectivity index (χ3v) is 7.83. The predicted molar refractivity (Wildman–Crippen MR) is 101 cm³/mol. The van der Waals surface area contributed by atoms with Gasteiger partial charge in [0.05, 0.1) is 0 Å². The molecular weight excluding hydrogens is 280 g/mol. The van der Waals surface area contributed by atoms with E-state index in [4.69, 9.17) is 0 Å². The molecule has 2 saturated carbocycles. The van der Waals surface area contributed by atoms with E-state index in [9.17, 15) is 0 Å². The fraction of sp³-hybridized carbons (Fsp3) is 0.810. The molecule has 124 valence electrons. The van der Waals surface area contributed by atoms with Gasteiger partial charge in [-0.05, 0) is 61.8 Å². The van der Waals surface area contributed by atoms with E-state index < -0.39 is 0 Å². The Labute approximate surface area is 141 Å². The Kier molecular flexibility index (Phi) is 8.58. The molecule has 2 aliphatic carbocycles. The molecule has 0 N–H and O–H groups in total. The van der Waals surface area contributed by atoms with E-state index in [2.05, 4.69) is 25.7 Å². The van der Waals surface area contributed by atoms with Crippen molar-refractivity contribution in [3.63, 3.8) is 0 Å². The average Bonchev–Trinajstić information content (AvgIpc) is 2.58. The van der Waals surface area contributed by atoms with Gasteiger partial charge >= 0.3 is 0 Å². The van der Waals surface area contributed by atoms with Gasteiger partial charge < -0.3 is 0 Å². The van der Waals surface area contributed by atoms with Crippen molar-refractivity contribution in [3.05, 3.63) is 24.8 Å². The zero-order valence-corrected chi connectivity index (χ0v) is 15.7. The van der Waals surface area contributed by atoms with Gasteiger partial charge in [0.25, 0.3) is 0 Å². The number of hydrogen-bond acceptors (Lipinski definition) is 0. The van der Waals surface area contributed by atoms with Crippen LogP contribution < -0.4 is 0 Å². The van der Waals surface area contributed by atoms with E-state index in [1.807, 2.05) is 6.08 Å². The Hall–Kier alpha value is -0.303. The zero-order valence-electron chi connectivity index (χ0n) is 14.7. The Morgan fingerprint density at radius 2 is 1.55 bits per heavy atom. The maximum atomic E-state index is 3.79. The largest absolute Gasteiger partial charge is 0.103 e. The van der Waals surface area contributed by atoms with E-state index in [-0.39, 0.29) is 0 Å². The normalized spacial score (nSPS) is 33.1. The molecule has 2 radical (unpaired) electrons. The standard InChI is InChI=1S/C21H36Si/c1-3-5-6-7-8-18-9-11-19(12-10-18)20-13-15-21(16-14-20)22-17-4-2/h3,7-8,18-21H,1,4-6,9-17H2,2H3/b8-7+. The highest BCUT2D eigenvalue weighted by Gasteiger charge is 2.30. The molecule has 0 aliphatic heterocycles. The Balaban J connectivity index is 1.63. The lowest BCUT2D eigenvalue weighted by Gasteiger charge is -2.37. The Bertz CT molecular complexity index is 317. The number of hydrogen-bond donors (Lipinski definition) is 0. The molecule has 0 heterocycles. The molecule has 22 heavy (non-hydrogen) atoms. The summed E-state index contributed by atoms with van der Waals surface area (Å²) < 4.78 is 0. The lowest BCUT2D eigenvalue weighted by atomic mass is 9.71. The molecule has 1 heteroatoms. The van der Waals surface area contributed by atoms with Crippen molar-refractivity contribution in [2.24, 2.45) is 17.8 Å². The highest BCUT2D eigenvalue weighted by molar-refractivity contribution is 6.37. The molecule has 0 aromatic rings. The summed E-state index contributed by atoms with van der Waals surface area (Å²) in [5, 5.41) is 0. The van der Waals surface area contributed by atoms with E-state index in [0.29, 0.717) is 0 Å². The number of allylic oxidation sites excluding steroid dienone is 3. The van der Waals surface area contributed by atoms with Gasteiger partial charge in [0.15, 0.2) is 0 Å². The molecule has 0 aromatic carbocycles. The van der Waals surface area contributed by atoms with Gasteiger partial charge in [0, 0.05) is 9.52 Å². The highest BCUT2D eigenvalue weighted by atomic mass is 28.2. The SMILES string of the molecule is C=CCC/C=C/C1CCC(C2CCC([Si]CCC)CC2)CC1. The van der Waals surface area contributed by atoms with Crippen LogP contribution in [0, 0.1) is 17.8 Å². The van der Waals surface area contributed by atoms with Gasteiger partial charge in [0.1, 0.15) is 0 Å². The first-order chi connectivity index (χ1) is 10.8. The van der Waals surface area contributed by atoms with Crippen LogP contribution in [0.25, 0.3) is 0 Å². The van der Waals surface area contributed by atoms with E-state index in [0.717, 1.165) is 29.7 Å². The Morgan fingerprint density at radius 3 is 2.14 bits per heavy atom. The molecule has 0 spiro atoms. The second-order valence-corrected chi connectivity index (χ2v) is 9.26. The molecule has 0 saturated heterocycles. The molecular formula is C21H36Si. The number of rotatable bonds is 8. The average molecular weight is 317 g/mol. The second-order valence-electron chi connectivity index (χ2n) is 7.53. The molecule has 0 nitrogen and oxygen atoms in total. The first kappa shape index (κ1) is 18.0. The lowest BCUT2D eigenvalue weighted by molar-refractivity contribution is 0.180. The summed E-state index contributed by atoms with van der Waals surface area (Å²) in [4.78, 5) is 0. The third kappa shape index (κ3) is 6.06. The third-order valence-electron chi connectivity index (χ3n) is 5.88. The summed E-state index contributed by atoms with van der Waals surface area (Å²) in [5.74, 6) is 3.02. The topological polar surface area (TPSA) is 0 Å². The van der Waals surface area contributed by atoms with E-state index in [1.165, 1.54) is 54.1 Å². The minimum atomic E-state index is 0.878. The van der Waals surface area contributed by atoms with Crippen molar-refractivity contribution < 1.29 is 0 Å². The first-order valence-electron chi connectivity index (χ1n) is 9.84.